The van der Waals surface area contributed by atoms with Crippen molar-refractivity contribution in [2.24, 2.45) is 0 Å². The van der Waals surface area contributed by atoms with Gasteiger partial charge >= 0.3 is 6.18 Å². The van der Waals surface area contributed by atoms with E-state index in [1.54, 1.807) is 44.2 Å². The molecule has 0 aliphatic carbocycles. The quantitative estimate of drug-likeness (QED) is 0.637. The Morgan fingerprint density at radius 1 is 1.18 bits per heavy atom. The molecule has 5 nitrogen and oxygen atoms in total. The predicted octanol–water partition coefficient (Wildman–Crippen LogP) is 4.43. The van der Waals surface area contributed by atoms with Gasteiger partial charge in [-0.15, -0.1) is 0 Å². The first-order valence-corrected chi connectivity index (χ1v) is 9.00. The maximum Gasteiger partial charge on any atom is 0.438 e. The second-order valence-corrected chi connectivity index (χ2v) is 7.25. The third-order valence-corrected chi connectivity index (χ3v) is 4.73. The molecule has 146 valence electrons. The number of rotatable bonds is 3. The van der Waals surface area contributed by atoms with Crippen LogP contribution in [-0.2, 0) is 17.5 Å². The van der Waals surface area contributed by atoms with Crippen LogP contribution < -0.4 is 10.9 Å². The van der Waals surface area contributed by atoms with Gasteiger partial charge in [0.15, 0.2) is 0 Å². The van der Waals surface area contributed by atoms with E-state index in [2.05, 4.69) is 26.2 Å². The number of aryl methyl sites for hydroxylation is 2. The van der Waals surface area contributed by atoms with Gasteiger partial charge in [-0.2, -0.15) is 13.2 Å². The number of fused-ring (bicyclic) bond motifs is 1. The molecule has 1 N–H and O–H groups in total. The maximum atomic E-state index is 13.3. The van der Waals surface area contributed by atoms with Gasteiger partial charge < -0.3 is 5.32 Å². The van der Waals surface area contributed by atoms with E-state index in [-0.39, 0.29) is 11.0 Å². The molecule has 1 amide bonds. The Bertz CT molecular complexity index is 1140. The first kappa shape index (κ1) is 20.1. The van der Waals surface area contributed by atoms with Gasteiger partial charge in [0, 0.05) is 10.2 Å². The first-order chi connectivity index (χ1) is 13.1. The number of halogens is 4. The van der Waals surface area contributed by atoms with E-state index in [1.807, 2.05) is 0 Å². The number of aromatic nitrogens is 2. The number of benzene rings is 2. The average Bonchev–Trinajstić information content (AvgIpc) is 2.58. The molecule has 0 fully saturated rings. The van der Waals surface area contributed by atoms with Gasteiger partial charge in [-0.3, -0.25) is 14.2 Å². The molecule has 3 rings (SSSR count). The average molecular weight is 454 g/mol. The van der Waals surface area contributed by atoms with Crippen molar-refractivity contribution >= 4 is 38.6 Å². The minimum absolute atomic E-state index is 0.00489. The van der Waals surface area contributed by atoms with E-state index in [9.17, 15) is 22.8 Å². The van der Waals surface area contributed by atoms with E-state index in [4.69, 9.17) is 0 Å². The standard InChI is InChI=1S/C19H15BrF3N3O2/c1-10-6-14-15(7-11(10)2)26(18(28)17(25-14)19(21,22)23)9-16(27)24-13-5-3-4-12(20)8-13/h3-8H,9H2,1-2H3,(H,24,27). The highest BCUT2D eigenvalue weighted by molar-refractivity contribution is 9.10. The number of carbonyl (C=O) groups excluding carboxylic acids is 1. The molecule has 1 heterocycles. The molecule has 1 aromatic heterocycles. The van der Waals surface area contributed by atoms with E-state index < -0.39 is 29.9 Å². The normalized spacial score (nSPS) is 11.6. The number of amides is 1. The molecule has 0 atom stereocenters. The number of hydrogen-bond acceptors (Lipinski definition) is 3. The smallest absolute Gasteiger partial charge is 0.324 e. The Labute approximate surface area is 166 Å². The molecule has 2 aromatic carbocycles. The number of carbonyl (C=O) groups is 1. The van der Waals surface area contributed by atoms with Crippen LogP contribution >= 0.6 is 15.9 Å². The molecule has 9 heteroatoms. The van der Waals surface area contributed by atoms with Crippen LogP contribution in [0.25, 0.3) is 11.0 Å². The van der Waals surface area contributed by atoms with E-state index >= 15 is 0 Å². The van der Waals surface area contributed by atoms with Crippen LogP contribution in [-0.4, -0.2) is 15.5 Å². The van der Waals surface area contributed by atoms with Crippen molar-refractivity contribution in [2.75, 3.05) is 5.32 Å². The van der Waals surface area contributed by atoms with Crippen LogP contribution in [0.1, 0.15) is 16.8 Å². The molecule has 0 unspecified atom stereocenters. The summed E-state index contributed by atoms with van der Waals surface area (Å²) in [7, 11) is 0. The summed E-state index contributed by atoms with van der Waals surface area (Å²) in [4.78, 5) is 28.4. The van der Waals surface area contributed by atoms with Crippen molar-refractivity contribution < 1.29 is 18.0 Å². The highest BCUT2D eigenvalue weighted by Gasteiger charge is 2.37. The zero-order valence-electron chi connectivity index (χ0n) is 14.9. The van der Waals surface area contributed by atoms with E-state index in [1.165, 1.54) is 6.07 Å². The fraction of sp³-hybridized carbons (Fsp3) is 0.211. The first-order valence-electron chi connectivity index (χ1n) is 8.20. The highest BCUT2D eigenvalue weighted by atomic mass is 79.9. The van der Waals surface area contributed by atoms with Crippen LogP contribution in [0.4, 0.5) is 18.9 Å². The summed E-state index contributed by atoms with van der Waals surface area (Å²) in [5.74, 6) is -0.626. The SMILES string of the molecule is Cc1cc2nc(C(F)(F)F)c(=O)n(CC(=O)Nc3cccc(Br)c3)c2cc1C. The molecule has 3 aromatic rings. The number of nitrogens with one attached hydrogen (secondary N) is 1. The second kappa shape index (κ2) is 7.38. The lowest BCUT2D eigenvalue weighted by Crippen LogP contribution is -2.34. The molecular formula is C19H15BrF3N3O2. The van der Waals surface area contributed by atoms with Crippen molar-refractivity contribution in [1.29, 1.82) is 0 Å². The third-order valence-electron chi connectivity index (χ3n) is 4.24. The van der Waals surface area contributed by atoms with Crippen molar-refractivity contribution in [3.05, 3.63) is 68.0 Å². The molecule has 28 heavy (non-hydrogen) atoms. The molecular weight excluding hydrogens is 439 g/mol. The Morgan fingerprint density at radius 3 is 2.50 bits per heavy atom. The summed E-state index contributed by atoms with van der Waals surface area (Å²) < 4.78 is 41.4. The summed E-state index contributed by atoms with van der Waals surface area (Å²) in [5, 5.41) is 2.58. The van der Waals surface area contributed by atoms with Crippen LogP contribution in [0.2, 0.25) is 0 Å². The Hall–Kier alpha value is -2.68. The summed E-state index contributed by atoms with van der Waals surface area (Å²) in [6.45, 7) is 2.93. The highest BCUT2D eigenvalue weighted by Crippen LogP contribution is 2.27. The van der Waals surface area contributed by atoms with Gasteiger partial charge in [0.05, 0.1) is 11.0 Å². The summed E-state index contributed by atoms with van der Waals surface area (Å²) in [6.07, 6.45) is -4.92. The Morgan fingerprint density at radius 2 is 1.86 bits per heavy atom. The fourth-order valence-corrected chi connectivity index (χ4v) is 3.15. The van der Waals surface area contributed by atoms with Crippen molar-refractivity contribution in [2.45, 2.75) is 26.6 Å². The fourth-order valence-electron chi connectivity index (χ4n) is 2.75. The molecule has 0 saturated carbocycles. The van der Waals surface area contributed by atoms with Crippen molar-refractivity contribution in [3.63, 3.8) is 0 Å². The number of nitrogens with zero attached hydrogens (tertiary/aromatic N) is 2. The van der Waals surface area contributed by atoms with Crippen molar-refractivity contribution in [1.82, 2.24) is 9.55 Å². The summed E-state index contributed by atoms with van der Waals surface area (Å²) in [6, 6.07) is 9.76. The van der Waals surface area contributed by atoms with Crippen LogP contribution in [0, 0.1) is 13.8 Å². The predicted molar refractivity (Wildman–Crippen MR) is 103 cm³/mol. The lowest BCUT2D eigenvalue weighted by molar-refractivity contribution is -0.142. The zero-order chi connectivity index (χ0) is 20.6. The zero-order valence-corrected chi connectivity index (χ0v) is 16.5. The Balaban J connectivity index is 2.10. The van der Waals surface area contributed by atoms with Gasteiger partial charge in [-0.05, 0) is 55.3 Å². The molecule has 0 bridgehead atoms. The molecule has 0 saturated heterocycles. The number of hydrogen-bond donors (Lipinski definition) is 1. The second-order valence-electron chi connectivity index (χ2n) is 6.33. The maximum absolute atomic E-state index is 13.3. The van der Waals surface area contributed by atoms with Gasteiger partial charge in [0.2, 0.25) is 11.6 Å². The lowest BCUT2D eigenvalue weighted by Gasteiger charge is -2.15. The monoisotopic (exact) mass is 453 g/mol. The number of alkyl halides is 3. The van der Waals surface area contributed by atoms with Gasteiger partial charge in [0.1, 0.15) is 6.54 Å². The van der Waals surface area contributed by atoms with Crippen molar-refractivity contribution in [3.8, 4) is 0 Å². The van der Waals surface area contributed by atoms with Crippen LogP contribution in [0.15, 0.2) is 45.7 Å². The van der Waals surface area contributed by atoms with E-state index in [0.717, 1.165) is 20.2 Å². The van der Waals surface area contributed by atoms with Crippen LogP contribution in [0.5, 0.6) is 0 Å². The molecule has 0 spiro atoms. The minimum Gasteiger partial charge on any atom is -0.324 e. The summed E-state index contributed by atoms with van der Waals surface area (Å²) in [5.41, 5.74) is -0.762. The van der Waals surface area contributed by atoms with Gasteiger partial charge in [-0.25, -0.2) is 4.98 Å². The van der Waals surface area contributed by atoms with Crippen LogP contribution in [0.3, 0.4) is 0 Å². The Kier molecular flexibility index (Phi) is 5.29. The van der Waals surface area contributed by atoms with Gasteiger partial charge in [-0.1, -0.05) is 22.0 Å². The topological polar surface area (TPSA) is 64.0 Å². The lowest BCUT2D eigenvalue weighted by atomic mass is 10.1. The molecule has 0 radical (unpaired) electrons. The minimum atomic E-state index is -4.92. The largest absolute Gasteiger partial charge is 0.438 e. The van der Waals surface area contributed by atoms with Gasteiger partial charge in [0.25, 0.3) is 5.56 Å². The summed E-state index contributed by atoms with van der Waals surface area (Å²) >= 11 is 3.27. The van der Waals surface area contributed by atoms with E-state index in [0.29, 0.717) is 5.69 Å². The third kappa shape index (κ3) is 4.09. The molecule has 0 aliphatic rings. The molecule has 0 aliphatic heterocycles. The number of anilines is 1.